The lowest BCUT2D eigenvalue weighted by Crippen LogP contribution is -2.27. The molecule has 0 saturated carbocycles. The Kier molecular flexibility index (Phi) is 11.5. The van der Waals surface area contributed by atoms with E-state index in [1.165, 1.54) is 14.0 Å². The molecule has 188 valence electrons. The van der Waals surface area contributed by atoms with Gasteiger partial charge >= 0.3 is 11.9 Å². The monoisotopic (exact) mass is 497 g/mol. The summed E-state index contributed by atoms with van der Waals surface area (Å²) in [6.07, 6.45) is 2.21. The summed E-state index contributed by atoms with van der Waals surface area (Å²) < 4.78 is 52.8. The molecule has 0 fully saturated rings. The molecule has 0 aromatic heterocycles. The highest BCUT2D eigenvalue weighted by Gasteiger charge is 2.17. The maximum absolute atomic E-state index is 12.1. The Morgan fingerprint density at radius 3 is 2.71 bits per heavy atom. The largest absolute Gasteiger partial charge is 0.490 e. The lowest BCUT2D eigenvalue weighted by molar-refractivity contribution is -0.148. The van der Waals surface area contributed by atoms with Crippen LogP contribution >= 0.6 is 0 Å². The Bertz CT molecular complexity index is 982. The Hall–Kier alpha value is -2.97. The minimum Gasteiger partial charge on any atom is -0.490 e. The standard InChI is InChI=1S/C23H31NO9S/c1-18(25)33-20(16-30-19-11-12-21-22(15-19)32-17-31-21)9-6-8-14-34(27,28)24-13-7-4-3-5-10-23(26)29-2/h11-12,15,20,24H,3,5-6,8-10,13-14,16-17H2,1-2H3. The highest BCUT2D eigenvalue weighted by atomic mass is 32.2. The van der Waals surface area contributed by atoms with Crippen LogP contribution in [0.25, 0.3) is 0 Å². The van der Waals surface area contributed by atoms with Crippen molar-refractivity contribution in [3.63, 3.8) is 0 Å². The van der Waals surface area contributed by atoms with E-state index >= 15 is 0 Å². The Labute approximate surface area is 200 Å². The number of rotatable bonds is 14. The normalized spacial score (nSPS) is 12.9. The molecule has 1 aliphatic rings. The van der Waals surface area contributed by atoms with Crippen LogP contribution in [0.2, 0.25) is 0 Å². The highest BCUT2D eigenvalue weighted by molar-refractivity contribution is 7.89. The van der Waals surface area contributed by atoms with E-state index in [9.17, 15) is 18.0 Å². The van der Waals surface area contributed by atoms with Gasteiger partial charge in [-0.05, 0) is 37.8 Å². The lowest BCUT2D eigenvalue weighted by Gasteiger charge is -2.18. The second-order valence-electron chi connectivity index (χ2n) is 7.48. The van der Waals surface area contributed by atoms with Crippen LogP contribution in [0, 0.1) is 11.8 Å². The molecule has 1 atom stereocenters. The summed E-state index contributed by atoms with van der Waals surface area (Å²) in [5.41, 5.74) is 0. The first kappa shape index (κ1) is 27.3. The van der Waals surface area contributed by atoms with Crippen molar-refractivity contribution >= 4 is 22.0 Å². The first-order valence-electron chi connectivity index (χ1n) is 11.0. The Morgan fingerprint density at radius 2 is 1.94 bits per heavy atom. The van der Waals surface area contributed by atoms with Crippen LogP contribution in [0.1, 0.15) is 45.4 Å². The van der Waals surface area contributed by atoms with Gasteiger partial charge in [0, 0.05) is 25.8 Å². The molecule has 0 amide bonds. The molecular weight excluding hydrogens is 466 g/mol. The third kappa shape index (κ3) is 10.8. The second kappa shape index (κ2) is 14.3. The fourth-order valence-corrected chi connectivity index (χ4v) is 4.04. The summed E-state index contributed by atoms with van der Waals surface area (Å²) >= 11 is 0. The van der Waals surface area contributed by atoms with Gasteiger partial charge in [-0.3, -0.25) is 9.59 Å². The molecule has 0 spiro atoms. The van der Waals surface area contributed by atoms with E-state index in [2.05, 4.69) is 21.3 Å². The third-order valence-electron chi connectivity index (χ3n) is 4.72. The zero-order valence-electron chi connectivity index (χ0n) is 19.5. The summed E-state index contributed by atoms with van der Waals surface area (Å²) in [6.45, 7) is 1.63. The van der Waals surface area contributed by atoms with Crippen LogP contribution in [0.4, 0.5) is 0 Å². The van der Waals surface area contributed by atoms with E-state index in [1.54, 1.807) is 18.2 Å². The summed E-state index contributed by atoms with van der Waals surface area (Å²) in [4.78, 5) is 22.4. The third-order valence-corrected chi connectivity index (χ3v) is 6.13. The Morgan fingerprint density at radius 1 is 1.15 bits per heavy atom. The number of nitrogens with one attached hydrogen (secondary N) is 1. The zero-order valence-corrected chi connectivity index (χ0v) is 20.3. The number of hydrogen-bond acceptors (Lipinski definition) is 9. The number of carbonyl (C=O) groups excluding carboxylic acids is 2. The van der Waals surface area contributed by atoms with Gasteiger partial charge in [0.1, 0.15) is 18.5 Å². The van der Waals surface area contributed by atoms with Crippen molar-refractivity contribution in [1.82, 2.24) is 4.72 Å². The van der Waals surface area contributed by atoms with Crippen LogP contribution in [-0.4, -0.2) is 59.3 Å². The molecule has 34 heavy (non-hydrogen) atoms. The number of fused-ring (bicyclic) bond motifs is 1. The smallest absolute Gasteiger partial charge is 0.305 e. The van der Waals surface area contributed by atoms with Crippen molar-refractivity contribution < 1.29 is 41.7 Å². The van der Waals surface area contributed by atoms with Gasteiger partial charge < -0.3 is 23.7 Å². The maximum atomic E-state index is 12.1. The predicted molar refractivity (Wildman–Crippen MR) is 123 cm³/mol. The second-order valence-corrected chi connectivity index (χ2v) is 9.40. The molecule has 2 rings (SSSR count). The summed E-state index contributed by atoms with van der Waals surface area (Å²) in [7, 11) is -2.14. The number of benzene rings is 1. The minimum atomic E-state index is -3.47. The number of sulfonamides is 1. The van der Waals surface area contributed by atoms with Crippen LogP contribution in [-0.2, 0) is 29.1 Å². The number of unbranched alkanes of at least 4 members (excludes halogenated alkanes) is 2. The van der Waals surface area contributed by atoms with Crippen molar-refractivity contribution in [3.05, 3.63) is 18.2 Å². The van der Waals surface area contributed by atoms with E-state index in [0.29, 0.717) is 49.4 Å². The van der Waals surface area contributed by atoms with E-state index < -0.39 is 22.1 Å². The van der Waals surface area contributed by atoms with Gasteiger partial charge in [0.2, 0.25) is 16.8 Å². The Balaban J connectivity index is 1.67. The quantitative estimate of drug-likeness (QED) is 0.234. The van der Waals surface area contributed by atoms with Crippen molar-refractivity contribution in [2.45, 2.75) is 51.6 Å². The van der Waals surface area contributed by atoms with Crippen molar-refractivity contribution in [3.8, 4) is 29.1 Å². The number of ether oxygens (including phenoxy) is 5. The molecular formula is C23H31NO9S. The van der Waals surface area contributed by atoms with E-state index in [1.807, 2.05) is 0 Å². The van der Waals surface area contributed by atoms with Gasteiger partial charge in [0.25, 0.3) is 0 Å². The average molecular weight is 498 g/mol. The minimum absolute atomic E-state index is 0.0139. The molecule has 1 aromatic rings. The molecule has 0 aliphatic carbocycles. The molecule has 1 N–H and O–H groups in total. The number of hydrogen-bond donors (Lipinski definition) is 1. The fraction of sp³-hybridized carbons (Fsp3) is 0.565. The predicted octanol–water partition coefficient (Wildman–Crippen LogP) is 2.16. The van der Waals surface area contributed by atoms with Gasteiger partial charge in [-0.1, -0.05) is 5.92 Å². The summed E-state index contributed by atoms with van der Waals surface area (Å²) in [6, 6.07) is 5.18. The molecule has 1 heterocycles. The molecule has 0 saturated heterocycles. The maximum Gasteiger partial charge on any atom is 0.305 e. The molecule has 0 radical (unpaired) electrons. The first-order valence-corrected chi connectivity index (χ1v) is 12.6. The van der Waals surface area contributed by atoms with E-state index in [4.69, 9.17) is 18.9 Å². The van der Waals surface area contributed by atoms with Gasteiger partial charge in [0.15, 0.2) is 11.5 Å². The van der Waals surface area contributed by atoms with Crippen LogP contribution in [0.15, 0.2) is 18.2 Å². The SMILES string of the molecule is COC(=O)CCCC#CCNS(=O)(=O)CCCCC(COc1ccc2c(c1)OCO2)OC(C)=O. The van der Waals surface area contributed by atoms with Crippen LogP contribution in [0.5, 0.6) is 17.2 Å². The van der Waals surface area contributed by atoms with Crippen molar-refractivity contribution in [2.24, 2.45) is 0 Å². The molecule has 11 heteroatoms. The van der Waals surface area contributed by atoms with E-state index in [-0.39, 0.29) is 38.1 Å². The molecule has 10 nitrogen and oxygen atoms in total. The van der Waals surface area contributed by atoms with E-state index in [0.717, 1.165) is 0 Å². The summed E-state index contributed by atoms with van der Waals surface area (Å²) in [5, 5.41) is 0. The lowest BCUT2D eigenvalue weighted by atomic mass is 10.2. The average Bonchev–Trinajstić information content (AvgIpc) is 3.26. The van der Waals surface area contributed by atoms with Crippen LogP contribution in [0.3, 0.4) is 0 Å². The number of esters is 2. The fourth-order valence-electron chi connectivity index (χ4n) is 3.02. The van der Waals surface area contributed by atoms with Gasteiger partial charge in [-0.25, -0.2) is 13.1 Å². The summed E-state index contributed by atoms with van der Waals surface area (Å²) in [5.74, 6) is 6.54. The first-order chi connectivity index (χ1) is 16.3. The van der Waals surface area contributed by atoms with Gasteiger partial charge in [-0.15, -0.1) is 5.92 Å². The zero-order chi connectivity index (χ0) is 24.8. The van der Waals surface area contributed by atoms with Crippen molar-refractivity contribution in [1.29, 1.82) is 0 Å². The van der Waals surface area contributed by atoms with Gasteiger partial charge in [0.05, 0.1) is 19.4 Å². The molecule has 1 unspecified atom stereocenters. The molecule has 1 aliphatic heterocycles. The molecule has 0 bridgehead atoms. The van der Waals surface area contributed by atoms with Gasteiger partial charge in [-0.2, -0.15) is 0 Å². The highest BCUT2D eigenvalue weighted by Crippen LogP contribution is 2.35. The van der Waals surface area contributed by atoms with Crippen molar-refractivity contribution in [2.75, 3.05) is 32.8 Å². The number of carbonyl (C=O) groups is 2. The number of methoxy groups -OCH3 is 1. The topological polar surface area (TPSA) is 126 Å². The van der Waals surface area contributed by atoms with Crippen LogP contribution < -0.4 is 18.9 Å². The molecule has 1 aromatic carbocycles.